The number of hydrogen-bond acceptors (Lipinski definition) is 5. The number of rotatable bonds is 4. The number of benzene rings is 1. The van der Waals surface area contributed by atoms with Crippen LogP contribution in [0.4, 0.5) is 10.7 Å². The quantitative estimate of drug-likeness (QED) is 0.707. The van der Waals surface area contributed by atoms with E-state index in [1.807, 2.05) is 19.2 Å². The molecular formula is C17H19N6O2+. The summed E-state index contributed by atoms with van der Waals surface area (Å²) in [5.41, 5.74) is 5.28. The van der Waals surface area contributed by atoms with E-state index in [1.165, 1.54) is 7.05 Å². The van der Waals surface area contributed by atoms with Crippen molar-refractivity contribution in [3.8, 4) is 11.1 Å². The van der Waals surface area contributed by atoms with E-state index >= 15 is 0 Å². The van der Waals surface area contributed by atoms with Crippen LogP contribution in [0, 0.1) is 13.8 Å². The number of carbonyl (C=O) groups excluding carboxylic acids is 1. The molecule has 2 aromatic heterocycles. The molecule has 0 aliphatic carbocycles. The molecule has 3 rings (SSSR count). The Hall–Kier alpha value is -3.29. The van der Waals surface area contributed by atoms with E-state index in [2.05, 4.69) is 44.9 Å². The van der Waals surface area contributed by atoms with Gasteiger partial charge in [-0.15, -0.1) is 0 Å². The first-order valence-corrected chi connectivity index (χ1v) is 7.78. The topological polar surface area (TPSA) is 96.8 Å². The first kappa shape index (κ1) is 16.6. The van der Waals surface area contributed by atoms with Gasteiger partial charge in [-0.1, -0.05) is 12.1 Å². The summed E-state index contributed by atoms with van der Waals surface area (Å²) in [6.45, 7) is 4.55. The fraction of sp³-hybridized carbons (Fsp3) is 0.235. The fourth-order valence-electron chi connectivity index (χ4n) is 2.55. The second kappa shape index (κ2) is 7.08. The lowest BCUT2D eigenvalue weighted by molar-refractivity contribution is -0.754. The van der Waals surface area contributed by atoms with E-state index in [1.54, 1.807) is 17.2 Å². The van der Waals surface area contributed by atoms with Crippen LogP contribution in [-0.4, -0.2) is 28.3 Å². The number of carbonyl (C=O) groups is 1. The molecule has 0 atom stereocenters. The number of aryl methyl sites for hydroxylation is 2. The number of urea groups is 1. The molecule has 0 unspecified atom stereocenters. The summed E-state index contributed by atoms with van der Waals surface area (Å²) in [5, 5.41) is 8.88. The highest BCUT2D eigenvalue weighted by Gasteiger charge is 2.15. The summed E-state index contributed by atoms with van der Waals surface area (Å²) >= 11 is 0. The number of aromatic nitrogens is 4. The van der Waals surface area contributed by atoms with E-state index in [0.29, 0.717) is 6.54 Å². The van der Waals surface area contributed by atoms with Gasteiger partial charge in [-0.05, 0) is 35.7 Å². The van der Waals surface area contributed by atoms with Crippen LogP contribution in [0.15, 0.2) is 41.4 Å². The van der Waals surface area contributed by atoms with Gasteiger partial charge in [0.15, 0.2) is 0 Å². The smallest absolute Gasteiger partial charge is 0.321 e. The van der Waals surface area contributed by atoms with Crippen LogP contribution in [-0.2, 0) is 6.54 Å². The molecule has 0 saturated heterocycles. The maximum absolute atomic E-state index is 11.3. The normalized spacial score (nSPS) is 10.5. The standard InChI is InChI=1S/C17H18N6O2/c1-11-6-13(4-5-14(11)15-7-19-10-20-12(15)2)8-23-9-16(25-22-23)21-17(24)18-3/h4-7,9-10H,8H2,1-3H3,(H-,18,21,22,24)/p+1. The first-order chi connectivity index (χ1) is 12.1. The number of hydrogen-bond donors (Lipinski definition) is 2. The zero-order valence-electron chi connectivity index (χ0n) is 14.3. The third-order valence-corrected chi connectivity index (χ3v) is 3.81. The van der Waals surface area contributed by atoms with Gasteiger partial charge in [0.25, 0.3) is 6.20 Å². The molecule has 8 heteroatoms. The fourth-order valence-corrected chi connectivity index (χ4v) is 2.55. The molecule has 0 spiro atoms. The van der Waals surface area contributed by atoms with Gasteiger partial charge in [0.1, 0.15) is 6.33 Å². The molecule has 0 aliphatic heterocycles. The van der Waals surface area contributed by atoms with Crippen LogP contribution in [0.25, 0.3) is 11.1 Å². The Morgan fingerprint density at radius 3 is 2.84 bits per heavy atom. The molecule has 0 fully saturated rings. The number of anilines is 1. The lowest BCUT2D eigenvalue weighted by atomic mass is 9.98. The Morgan fingerprint density at radius 1 is 1.28 bits per heavy atom. The largest absolute Gasteiger partial charge is 0.341 e. The molecule has 1 aromatic carbocycles. The van der Waals surface area contributed by atoms with Gasteiger partial charge in [-0.2, -0.15) is 0 Å². The summed E-state index contributed by atoms with van der Waals surface area (Å²) in [7, 11) is 1.53. The first-order valence-electron chi connectivity index (χ1n) is 7.78. The monoisotopic (exact) mass is 339 g/mol. The van der Waals surface area contributed by atoms with E-state index < -0.39 is 0 Å². The molecule has 3 aromatic rings. The van der Waals surface area contributed by atoms with Crippen LogP contribution < -0.4 is 15.3 Å². The van der Waals surface area contributed by atoms with Gasteiger partial charge in [0, 0.05) is 30.1 Å². The highest BCUT2D eigenvalue weighted by atomic mass is 16.5. The van der Waals surface area contributed by atoms with Crippen molar-refractivity contribution in [2.24, 2.45) is 0 Å². The van der Waals surface area contributed by atoms with Crippen molar-refractivity contribution in [2.75, 3.05) is 12.4 Å². The van der Waals surface area contributed by atoms with E-state index in [0.717, 1.165) is 27.9 Å². The predicted molar refractivity (Wildman–Crippen MR) is 90.8 cm³/mol. The average Bonchev–Trinajstić information content (AvgIpc) is 3.02. The van der Waals surface area contributed by atoms with Crippen LogP contribution >= 0.6 is 0 Å². The summed E-state index contributed by atoms with van der Waals surface area (Å²) in [6.07, 6.45) is 5.01. The summed E-state index contributed by atoms with van der Waals surface area (Å²) < 4.78 is 6.69. The van der Waals surface area contributed by atoms with Gasteiger partial charge < -0.3 is 5.32 Å². The minimum absolute atomic E-state index is 0.282. The molecule has 0 bridgehead atoms. The molecule has 0 radical (unpaired) electrons. The van der Waals surface area contributed by atoms with Gasteiger partial charge in [0.05, 0.1) is 0 Å². The van der Waals surface area contributed by atoms with Gasteiger partial charge in [-0.25, -0.2) is 14.8 Å². The van der Waals surface area contributed by atoms with Crippen molar-refractivity contribution in [3.63, 3.8) is 0 Å². The minimum Gasteiger partial charge on any atom is -0.341 e. The van der Waals surface area contributed by atoms with Gasteiger partial charge in [-0.3, -0.25) is 9.84 Å². The molecular weight excluding hydrogens is 320 g/mol. The Balaban J connectivity index is 1.78. The van der Waals surface area contributed by atoms with Crippen LogP contribution in [0.5, 0.6) is 0 Å². The summed E-state index contributed by atoms with van der Waals surface area (Å²) in [5.74, 6) is 0.282. The van der Waals surface area contributed by atoms with Crippen molar-refractivity contribution in [3.05, 3.63) is 53.7 Å². The Bertz CT molecular complexity index is 906. The zero-order chi connectivity index (χ0) is 17.8. The van der Waals surface area contributed by atoms with Crippen LogP contribution in [0.1, 0.15) is 16.8 Å². The minimum atomic E-state index is -0.357. The van der Waals surface area contributed by atoms with Crippen LogP contribution in [0.3, 0.4) is 0 Å². The third-order valence-electron chi connectivity index (χ3n) is 3.81. The Labute approximate surface area is 144 Å². The number of amides is 2. The second-order valence-electron chi connectivity index (χ2n) is 5.64. The Kier molecular flexibility index (Phi) is 4.69. The maximum Gasteiger partial charge on any atom is 0.321 e. The average molecular weight is 339 g/mol. The SMILES string of the molecule is CNC(=O)Nc1c[n+](Cc2ccc(-c3cncnc3C)c(C)c2)no1. The summed E-state index contributed by atoms with van der Waals surface area (Å²) in [4.78, 5) is 19.6. The van der Waals surface area contributed by atoms with E-state index in [9.17, 15) is 4.79 Å². The maximum atomic E-state index is 11.3. The van der Waals surface area contributed by atoms with Crippen molar-refractivity contribution in [1.29, 1.82) is 0 Å². The third kappa shape index (κ3) is 3.79. The molecule has 2 N–H and O–H groups in total. The molecule has 2 amide bonds. The van der Waals surface area contributed by atoms with Crippen molar-refractivity contribution in [1.82, 2.24) is 20.6 Å². The molecule has 0 saturated carbocycles. The molecule has 2 heterocycles. The highest BCUT2D eigenvalue weighted by molar-refractivity contribution is 5.87. The van der Waals surface area contributed by atoms with Gasteiger partial charge >= 0.3 is 11.9 Å². The lowest BCUT2D eigenvalue weighted by Gasteiger charge is -2.08. The van der Waals surface area contributed by atoms with Crippen LogP contribution in [0.2, 0.25) is 0 Å². The molecule has 128 valence electrons. The molecule has 8 nitrogen and oxygen atoms in total. The lowest BCUT2D eigenvalue weighted by Crippen LogP contribution is -2.35. The van der Waals surface area contributed by atoms with Crippen molar-refractivity contribution >= 4 is 11.9 Å². The predicted octanol–water partition coefficient (Wildman–Crippen LogP) is 1.84. The van der Waals surface area contributed by atoms with Crippen molar-refractivity contribution in [2.45, 2.75) is 20.4 Å². The number of nitrogens with one attached hydrogen (secondary N) is 2. The van der Waals surface area contributed by atoms with E-state index in [-0.39, 0.29) is 11.9 Å². The zero-order valence-corrected chi connectivity index (χ0v) is 14.3. The molecule has 0 aliphatic rings. The van der Waals surface area contributed by atoms with Gasteiger partial charge in [0.2, 0.25) is 11.8 Å². The summed E-state index contributed by atoms with van der Waals surface area (Å²) in [6, 6.07) is 5.82. The van der Waals surface area contributed by atoms with Crippen molar-refractivity contribution < 1.29 is 14.0 Å². The molecule has 25 heavy (non-hydrogen) atoms. The highest BCUT2D eigenvalue weighted by Crippen LogP contribution is 2.25. The second-order valence-corrected chi connectivity index (χ2v) is 5.64. The van der Waals surface area contributed by atoms with E-state index in [4.69, 9.17) is 4.52 Å². The Morgan fingerprint density at radius 2 is 2.12 bits per heavy atom. The number of nitrogens with zero attached hydrogens (tertiary/aromatic N) is 4.